The molecule has 0 unspecified atom stereocenters. The number of phenols is 1. The fourth-order valence-electron chi connectivity index (χ4n) is 3.51. The van der Waals surface area contributed by atoms with Crippen LogP contribution in [-0.4, -0.2) is 34.7 Å². The molecule has 3 rings (SSSR count). The van der Waals surface area contributed by atoms with E-state index in [1.807, 2.05) is 37.3 Å². The number of benzene rings is 2. The molecule has 0 radical (unpaired) electrons. The van der Waals surface area contributed by atoms with Gasteiger partial charge in [-0.05, 0) is 51.0 Å². The standard InChI is InChI=1S/C24H28N2O5/c1-5-30-20-13-18(11-12-19(20)27)22-21(23(28)31-15(2)3)16(4)26(24(29)25-22)14-17-9-7-6-8-10-17/h6-13,15,22,27H,5,14H2,1-4H3,(H,25,29)/t22-/m0/s1. The molecule has 0 spiro atoms. The molecular weight excluding hydrogens is 396 g/mol. The zero-order chi connectivity index (χ0) is 22.5. The highest BCUT2D eigenvalue weighted by atomic mass is 16.5. The van der Waals surface area contributed by atoms with E-state index in [4.69, 9.17) is 9.47 Å². The fourth-order valence-corrected chi connectivity index (χ4v) is 3.51. The predicted octanol–water partition coefficient (Wildman–Crippen LogP) is 4.28. The number of aromatic hydroxyl groups is 1. The van der Waals surface area contributed by atoms with Gasteiger partial charge < -0.3 is 19.9 Å². The molecule has 164 valence electrons. The van der Waals surface area contributed by atoms with E-state index in [0.29, 0.717) is 30.0 Å². The number of allylic oxidation sites excluding steroid dienone is 1. The van der Waals surface area contributed by atoms with Crippen molar-refractivity contribution in [1.82, 2.24) is 10.2 Å². The van der Waals surface area contributed by atoms with Crippen LogP contribution in [0.2, 0.25) is 0 Å². The quantitative estimate of drug-likeness (QED) is 0.648. The van der Waals surface area contributed by atoms with Gasteiger partial charge in [0.05, 0.1) is 30.9 Å². The van der Waals surface area contributed by atoms with Gasteiger partial charge in [0.2, 0.25) is 0 Å². The first-order valence-electron chi connectivity index (χ1n) is 10.3. The van der Waals surface area contributed by atoms with Gasteiger partial charge in [-0.1, -0.05) is 36.4 Å². The van der Waals surface area contributed by atoms with Crippen molar-refractivity contribution < 1.29 is 24.2 Å². The monoisotopic (exact) mass is 424 g/mol. The molecule has 1 aliphatic rings. The Morgan fingerprint density at radius 1 is 1.19 bits per heavy atom. The van der Waals surface area contributed by atoms with Crippen molar-refractivity contribution in [2.45, 2.75) is 46.4 Å². The summed E-state index contributed by atoms with van der Waals surface area (Å²) in [6.07, 6.45) is -0.313. The molecule has 2 aromatic rings. The van der Waals surface area contributed by atoms with E-state index in [1.54, 1.807) is 32.9 Å². The highest BCUT2D eigenvalue weighted by Gasteiger charge is 2.37. The van der Waals surface area contributed by atoms with Crippen LogP contribution >= 0.6 is 0 Å². The van der Waals surface area contributed by atoms with Crippen LogP contribution in [0.1, 0.15) is 44.9 Å². The lowest BCUT2D eigenvalue weighted by atomic mass is 9.94. The van der Waals surface area contributed by atoms with Gasteiger partial charge >= 0.3 is 12.0 Å². The molecule has 0 saturated heterocycles. The van der Waals surface area contributed by atoms with Gasteiger partial charge in [0.1, 0.15) is 0 Å². The number of nitrogens with zero attached hydrogens (tertiary/aromatic N) is 1. The summed E-state index contributed by atoms with van der Waals surface area (Å²) in [7, 11) is 0. The molecule has 1 atom stereocenters. The summed E-state index contributed by atoms with van der Waals surface area (Å²) >= 11 is 0. The van der Waals surface area contributed by atoms with Crippen molar-refractivity contribution in [2.75, 3.05) is 6.61 Å². The molecule has 1 heterocycles. The number of amides is 2. The van der Waals surface area contributed by atoms with Crippen LogP contribution in [0.25, 0.3) is 0 Å². The number of nitrogens with one attached hydrogen (secondary N) is 1. The third kappa shape index (κ3) is 4.99. The number of rotatable bonds is 7. The normalized spacial score (nSPS) is 16.4. The number of ether oxygens (including phenoxy) is 2. The molecule has 0 aliphatic carbocycles. The molecule has 7 nitrogen and oxygen atoms in total. The van der Waals surface area contributed by atoms with Crippen LogP contribution in [0, 0.1) is 0 Å². The number of phenolic OH excluding ortho intramolecular Hbond substituents is 1. The molecule has 0 bridgehead atoms. The number of urea groups is 1. The zero-order valence-electron chi connectivity index (χ0n) is 18.2. The number of hydrogen-bond acceptors (Lipinski definition) is 5. The lowest BCUT2D eigenvalue weighted by molar-refractivity contribution is -0.143. The minimum atomic E-state index is -0.731. The Kier molecular flexibility index (Phi) is 6.84. The van der Waals surface area contributed by atoms with E-state index in [9.17, 15) is 14.7 Å². The summed E-state index contributed by atoms with van der Waals surface area (Å²) in [5.41, 5.74) is 2.42. The Morgan fingerprint density at radius 3 is 2.55 bits per heavy atom. The summed E-state index contributed by atoms with van der Waals surface area (Å²) < 4.78 is 11.0. The van der Waals surface area contributed by atoms with Gasteiger partial charge in [0.25, 0.3) is 0 Å². The second-order valence-electron chi connectivity index (χ2n) is 7.57. The Labute approximate surface area is 182 Å². The third-order valence-corrected chi connectivity index (χ3v) is 4.96. The van der Waals surface area contributed by atoms with Crippen molar-refractivity contribution in [3.63, 3.8) is 0 Å². The van der Waals surface area contributed by atoms with Gasteiger partial charge in [0.15, 0.2) is 11.5 Å². The van der Waals surface area contributed by atoms with E-state index >= 15 is 0 Å². The molecule has 2 N–H and O–H groups in total. The molecule has 2 amide bonds. The van der Waals surface area contributed by atoms with Crippen LogP contribution < -0.4 is 10.1 Å². The SMILES string of the molecule is CCOc1cc([C@@H]2NC(=O)N(Cc3ccccc3)C(C)=C2C(=O)OC(C)C)ccc1O. The van der Waals surface area contributed by atoms with Gasteiger partial charge in [0, 0.05) is 5.70 Å². The average molecular weight is 424 g/mol. The minimum Gasteiger partial charge on any atom is -0.504 e. The maximum atomic E-state index is 13.0. The van der Waals surface area contributed by atoms with Crippen LogP contribution in [0.15, 0.2) is 59.8 Å². The summed E-state index contributed by atoms with van der Waals surface area (Å²) in [6.45, 7) is 7.81. The molecule has 1 aliphatic heterocycles. The largest absolute Gasteiger partial charge is 0.504 e. The minimum absolute atomic E-state index is 0.00884. The Bertz CT molecular complexity index is 985. The van der Waals surface area contributed by atoms with Crippen LogP contribution in [-0.2, 0) is 16.1 Å². The highest BCUT2D eigenvalue weighted by Crippen LogP contribution is 2.36. The molecular formula is C24H28N2O5. The maximum Gasteiger partial charge on any atom is 0.338 e. The van der Waals surface area contributed by atoms with Gasteiger partial charge in [-0.25, -0.2) is 9.59 Å². The molecule has 31 heavy (non-hydrogen) atoms. The topological polar surface area (TPSA) is 88.1 Å². The first kappa shape index (κ1) is 22.2. The number of carbonyl (C=O) groups excluding carboxylic acids is 2. The van der Waals surface area contributed by atoms with Crippen molar-refractivity contribution >= 4 is 12.0 Å². The van der Waals surface area contributed by atoms with Gasteiger partial charge in [-0.3, -0.25) is 4.90 Å². The summed E-state index contributed by atoms with van der Waals surface area (Å²) in [6, 6.07) is 13.3. The van der Waals surface area contributed by atoms with Crippen molar-refractivity contribution in [3.8, 4) is 11.5 Å². The van der Waals surface area contributed by atoms with Crippen molar-refractivity contribution in [2.24, 2.45) is 0 Å². The van der Waals surface area contributed by atoms with E-state index in [-0.39, 0.29) is 23.6 Å². The molecule has 0 fully saturated rings. The fraction of sp³-hybridized carbons (Fsp3) is 0.333. The Hall–Kier alpha value is -3.48. The van der Waals surface area contributed by atoms with Crippen LogP contribution in [0.4, 0.5) is 4.79 Å². The summed E-state index contributed by atoms with van der Waals surface area (Å²) in [4.78, 5) is 27.6. The second kappa shape index (κ2) is 9.55. The van der Waals surface area contributed by atoms with Gasteiger partial charge in [-0.15, -0.1) is 0 Å². The van der Waals surface area contributed by atoms with E-state index in [1.165, 1.54) is 11.0 Å². The summed E-state index contributed by atoms with van der Waals surface area (Å²) in [5, 5.41) is 13.0. The Morgan fingerprint density at radius 2 is 1.90 bits per heavy atom. The van der Waals surface area contributed by atoms with Crippen molar-refractivity contribution in [1.29, 1.82) is 0 Å². The van der Waals surface area contributed by atoms with Crippen molar-refractivity contribution in [3.05, 3.63) is 70.9 Å². The van der Waals surface area contributed by atoms with Crippen LogP contribution in [0.3, 0.4) is 0 Å². The predicted molar refractivity (Wildman–Crippen MR) is 116 cm³/mol. The number of carbonyl (C=O) groups is 2. The first-order chi connectivity index (χ1) is 14.8. The number of hydrogen-bond donors (Lipinski definition) is 2. The molecule has 0 saturated carbocycles. The lowest BCUT2D eigenvalue weighted by Crippen LogP contribution is -2.47. The van der Waals surface area contributed by atoms with E-state index in [0.717, 1.165) is 5.56 Å². The average Bonchev–Trinajstić information content (AvgIpc) is 2.72. The van der Waals surface area contributed by atoms with Gasteiger partial charge in [-0.2, -0.15) is 0 Å². The first-order valence-corrected chi connectivity index (χ1v) is 10.3. The molecule has 7 heteroatoms. The smallest absolute Gasteiger partial charge is 0.338 e. The molecule has 0 aromatic heterocycles. The van der Waals surface area contributed by atoms with E-state index in [2.05, 4.69) is 5.32 Å². The van der Waals surface area contributed by atoms with E-state index < -0.39 is 12.0 Å². The Balaban J connectivity index is 2.05. The number of esters is 1. The second-order valence-corrected chi connectivity index (χ2v) is 7.57. The maximum absolute atomic E-state index is 13.0. The van der Waals surface area contributed by atoms with Crippen LogP contribution in [0.5, 0.6) is 11.5 Å². The zero-order valence-corrected chi connectivity index (χ0v) is 18.2. The third-order valence-electron chi connectivity index (χ3n) is 4.96. The molecule has 2 aromatic carbocycles. The summed E-state index contributed by atoms with van der Waals surface area (Å²) in [5.74, 6) is -0.220. The highest BCUT2D eigenvalue weighted by molar-refractivity contribution is 5.95. The lowest BCUT2D eigenvalue weighted by Gasteiger charge is -2.35.